The Morgan fingerprint density at radius 3 is 2.67 bits per heavy atom. The minimum Gasteiger partial charge on any atom is -0.492 e. The highest BCUT2D eigenvalue weighted by molar-refractivity contribution is 14.0. The van der Waals surface area contributed by atoms with Gasteiger partial charge in [0.1, 0.15) is 12.4 Å². The summed E-state index contributed by atoms with van der Waals surface area (Å²) < 4.78 is 7.53. The largest absolute Gasteiger partial charge is 0.492 e. The number of aryl methyl sites for hydroxylation is 1. The molecule has 0 bridgehead atoms. The highest BCUT2D eigenvalue weighted by Crippen LogP contribution is 2.14. The summed E-state index contributed by atoms with van der Waals surface area (Å²) in [7, 11) is 1.75. The van der Waals surface area contributed by atoms with E-state index in [1.807, 2.05) is 41.2 Å². The molecule has 0 unspecified atom stereocenters. The number of nitrogens with zero attached hydrogens (tertiary/aromatic N) is 3. The van der Waals surface area contributed by atoms with Crippen LogP contribution < -0.4 is 15.4 Å². The third kappa shape index (κ3) is 7.87. The molecule has 0 atom stereocenters. The second-order valence-electron chi connectivity index (χ2n) is 4.85. The van der Waals surface area contributed by atoms with Crippen molar-refractivity contribution in [1.82, 2.24) is 20.4 Å². The fourth-order valence-electron chi connectivity index (χ4n) is 1.97. The lowest BCUT2D eigenvalue weighted by Crippen LogP contribution is -2.39. The molecule has 0 fully saturated rings. The fourth-order valence-corrected chi connectivity index (χ4v) is 2.10. The van der Waals surface area contributed by atoms with E-state index in [2.05, 4.69) is 20.7 Å². The average molecular weight is 464 g/mol. The van der Waals surface area contributed by atoms with Crippen LogP contribution in [0.2, 0.25) is 5.02 Å². The molecule has 6 nitrogen and oxygen atoms in total. The first-order valence-electron chi connectivity index (χ1n) is 7.58. The maximum atomic E-state index is 5.83. The molecule has 0 saturated heterocycles. The van der Waals surface area contributed by atoms with E-state index in [4.69, 9.17) is 16.3 Å². The Morgan fingerprint density at radius 2 is 2.00 bits per heavy atom. The van der Waals surface area contributed by atoms with Crippen molar-refractivity contribution in [3.8, 4) is 5.75 Å². The van der Waals surface area contributed by atoms with Gasteiger partial charge in [-0.15, -0.1) is 24.0 Å². The molecule has 0 aliphatic rings. The Balaban J connectivity index is 0.00000288. The molecule has 0 aliphatic carbocycles. The van der Waals surface area contributed by atoms with E-state index in [-0.39, 0.29) is 24.0 Å². The van der Waals surface area contributed by atoms with E-state index in [1.165, 1.54) is 0 Å². The van der Waals surface area contributed by atoms with E-state index in [1.54, 1.807) is 13.2 Å². The second kappa shape index (κ2) is 12.0. The Hall–Kier alpha value is -1.48. The zero-order chi connectivity index (χ0) is 16.3. The van der Waals surface area contributed by atoms with Crippen molar-refractivity contribution >= 4 is 41.5 Å². The molecular weight excluding hydrogens is 441 g/mol. The van der Waals surface area contributed by atoms with Gasteiger partial charge in [-0.1, -0.05) is 11.6 Å². The number of benzene rings is 1. The van der Waals surface area contributed by atoms with Gasteiger partial charge in [0, 0.05) is 37.6 Å². The highest BCUT2D eigenvalue weighted by atomic mass is 127. The molecule has 0 aliphatic heterocycles. The van der Waals surface area contributed by atoms with E-state index in [0.29, 0.717) is 18.2 Å². The molecule has 2 N–H and O–H groups in total. The number of hydrogen-bond donors (Lipinski definition) is 2. The Morgan fingerprint density at radius 1 is 1.25 bits per heavy atom. The molecule has 8 heteroatoms. The quantitative estimate of drug-likeness (QED) is 0.273. The van der Waals surface area contributed by atoms with Crippen LogP contribution in [0, 0.1) is 0 Å². The number of ether oxygens (including phenoxy) is 1. The third-order valence-corrected chi connectivity index (χ3v) is 3.37. The topological polar surface area (TPSA) is 63.5 Å². The van der Waals surface area contributed by atoms with Gasteiger partial charge in [0.2, 0.25) is 0 Å². The van der Waals surface area contributed by atoms with E-state index in [9.17, 15) is 0 Å². The van der Waals surface area contributed by atoms with Crippen molar-refractivity contribution in [3.63, 3.8) is 0 Å². The Labute approximate surface area is 164 Å². The number of hydrogen-bond acceptors (Lipinski definition) is 3. The fraction of sp³-hybridized carbons (Fsp3) is 0.375. The first kappa shape index (κ1) is 20.6. The maximum absolute atomic E-state index is 5.83. The van der Waals surface area contributed by atoms with Gasteiger partial charge in [-0.25, -0.2) is 0 Å². The van der Waals surface area contributed by atoms with Gasteiger partial charge >= 0.3 is 0 Å². The van der Waals surface area contributed by atoms with Crippen molar-refractivity contribution in [3.05, 3.63) is 47.7 Å². The smallest absolute Gasteiger partial charge is 0.191 e. The number of halogens is 2. The first-order valence-corrected chi connectivity index (χ1v) is 7.96. The predicted octanol–water partition coefficient (Wildman–Crippen LogP) is 2.79. The summed E-state index contributed by atoms with van der Waals surface area (Å²) in [4.78, 5) is 4.18. The van der Waals surface area contributed by atoms with Crippen molar-refractivity contribution in [2.24, 2.45) is 4.99 Å². The number of aliphatic imine (C=N–C) groups is 1. The summed E-state index contributed by atoms with van der Waals surface area (Å²) in [6.07, 6.45) is 4.72. The molecule has 1 aromatic carbocycles. The zero-order valence-corrected chi connectivity index (χ0v) is 16.7. The maximum Gasteiger partial charge on any atom is 0.191 e. The summed E-state index contributed by atoms with van der Waals surface area (Å²) in [6, 6.07) is 9.25. The zero-order valence-electron chi connectivity index (χ0n) is 13.6. The SMILES string of the molecule is CN=C(NCCCn1cccn1)NCCOc1ccc(Cl)cc1.I. The third-order valence-electron chi connectivity index (χ3n) is 3.12. The van der Waals surface area contributed by atoms with Gasteiger partial charge in [0.15, 0.2) is 5.96 Å². The van der Waals surface area contributed by atoms with Crippen LogP contribution in [0.1, 0.15) is 6.42 Å². The van der Waals surface area contributed by atoms with E-state index >= 15 is 0 Å². The molecule has 2 rings (SSSR count). The minimum atomic E-state index is 0. The highest BCUT2D eigenvalue weighted by Gasteiger charge is 1.98. The van der Waals surface area contributed by atoms with Crippen LogP contribution in [0.4, 0.5) is 0 Å². The number of aromatic nitrogens is 2. The van der Waals surface area contributed by atoms with Crippen molar-refractivity contribution in [1.29, 1.82) is 0 Å². The number of rotatable bonds is 8. The summed E-state index contributed by atoms with van der Waals surface area (Å²) in [5, 5.41) is 11.3. The summed E-state index contributed by atoms with van der Waals surface area (Å²) in [6.45, 7) is 2.94. The predicted molar refractivity (Wildman–Crippen MR) is 109 cm³/mol. The Bertz CT molecular complexity index is 589. The number of nitrogens with one attached hydrogen (secondary N) is 2. The van der Waals surface area contributed by atoms with Crippen molar-refractivity contribution in [2.45, 2.75) is 13.0 Å². The summed E-state index contributed by atoms with van der Waals surface area (Å²) in [5.74, 6) is 1.57. The van der Waals surface area contributed by atoms with Crippen LogP contribution >= 0.6 is 35.6 Å². The van der Waals surface area contributed by atoms with Crippen LogP contribution in [-0.2, 0) is 6.54 Å². The van der Waals surface area contributed by atoms with Gasteiger partial charge < -0.3 is 15.4 Å². The van der Waals surface area contributed by atoms with Crippen LogP contribution in [0.25, 0.3) is 0 Å². The summed E-state index contributed by atoms with van der Waals surface area (Å²) in [5.41, 5.74) is 0. The Kier molecular flexibility index (Phi) is 10.3. The van der Waals surface area contributed by atoms with Crippen molar-refractivity contribution < 1.29 is 4.74 Å². The van der Waals surface area contributed by atoms with Gasteiger partial charge in [0.05, 0.1) is 6.54 Å². The molecule has 0 radical (unpaired) electrons. The lowest BCUT2D eigenvalue weighted by Gasteiger charge is -2.12. The van der Waals surface area contributed by atoms with E-state index < -0.39 is 0 Å². The van der Waals surface area contributed by atoms with Crippen LogP contribution in [0.3, 0.4) is 0 Å². The molecule has 1 heterocycles. The average Bonchev–Trinajstić information content (AvgIpc) is 3.08. The minimum absolute atomic E-state index is 0. The van der Waals surface area contributed by atoms with Crippen molar-refractivity contribution in [2.75, 3.05) is 26.7 Å². The van der Waals surface area contributed by atoms with Gasteiger partial charge in [-0.3, -0.25) is 9.67 Å². The van der Waals surface area contributed by atoms with Crippen LogP contribution in [-0.4, -0.2) is 42.5 Å². The van der Waals surface area contributed by atoms with Crippen LogP contribution in [0.5, 0.6) is 5.75 Å². The first-order chi connectivity index (χ1) is 11.3. The standard InChI is InChI=1S/C16H22ClN5O.HI/c1-18-16(19-8-2-11-22-12-3-9-21-22)20-10-13-23-15-6-4-14(17)5-7-15;/h3-7,9,12H,2,8,10-11,13H2,1H3,(H2,18,19,20);1H. The van der Waals surface area contributed by atoms with Gasteiger partial charge in [-0.2, -0.15) is 5.10 Å². The lowest BCUT2D eigenvalue weighted by atomic mass is 10.3. The molecule has 1 aromatic heterocycles. The normalized spacial score (nSPS) is 10.8. The molecule has 0 spiro atoms. The molecule has 0 amide bonds. The molecule has 0 saturated carbocycles. The molecular formula is C16H23ClIN5O. The molecule has 24 heavy (non-hydrogen) atoms. The summed E-state index contributed by atoms with van der Waals surface area (Å²) >= 11 is 5.83. The van der Waals surface area contributed by atoms with Crippen LogP contribution in [0.15, 0.2) is 47.7 Å². The monoisotopic (exact) mass is 463 g/mol. The van der Waals surface area contributed by atoms with Gasteiger partial charge in [0.25, 0.3) is 0 Å². The van der Waals surface area contributed by atoms with Gasteiger partial charge in [-0.05, 0) is 36.8 Å². The second-order valence-corrected chi connectivity index (χ2v) is 5.29. The van der Waals surface area contributed by atoms with E-state index in [0.717, 1.165) is 31.2 Å². The number of guanidine groups is 1. The molecule has 2 aromatic rings. The lowest BCUT2D eigenvalue weighted by molar-refractivity contribution is 0.322. The molecule has 132 valence electrons.